The summed E-state index contributed by atoms with van der Waals surface area (Å²) in [4.78, 5) is 0.243. The molecule has 3 aromatic rings. The number of nitrogens with zero attached hydrogens (tertiary/aromatic N) is 2. The normalized spacial score (nSPS) is 17.8. The van der Waals surface area contributed by atoms with Crippen molar-refractivity contribution >= 4 is 9.84 Å². The number of benzene rings is 2. The van der Waals surface area contributed by atoms with E-state index in [1.807, 2.05) is 18.2 Å². The fraction of sp³-hybridized carbons (Fsp3) is 0.333. The van der Waals surface area contributed by atoms with Gasteiger partial charge in [-0.2, -0.15) is 0 Å². The minimum atomic E-state index is -3.27. The van der Waals surface area contributed by atoms with Crippen LogP contribution in [-0.4, -0.2) is 44.9 Å². The Morgan fingerprint density at radius 1 is 0.933 bits per heavy atom. The van der Waals surface area contributed by atoms with Crippen molar-refractivity contribution < 1.29 is 27.0 Å². The molecule has 8 nitrogen and oxygen atoms in total. The maximum absolute atomic E-state index is 11.7. The summed E-state index contributed by atoms with van der Waals surface area (Å²) in [7, 11) is -3.27. The average molecular weight is 428 g/mol. The van der Waals surface area contributed by atoms with E-state index in [1.54, 1.807) is 12.1 Å². The lowest BCUT2D eigenvalue weighted by Gasteiger charge is -2.34. The van der Waals surface area contributed by atoms with Crippen LogP contribution in [0.4, 0.5) is 0 Å². The number of sulfone groups is 1. The molecule has 2 aliphatic heterocycles. The number of hydrogen-bond donors (Lipinski definition) is 0. The highest BCUT2D eigenvalue weighted by atomic mass is 32.2. The van der Waals surface area contributed by atoms with Crippen molar-refractivity contribution in [1.82, 2.24) is 10.2 Å². The highest BCUT2D eigenvalue weighted by Crippen LogP contribution is 2.44. The van der Waals surface area contributed by atoms with Crippen LogP contribution >= 0.6 is 0 Å². The molecule has 1 aromatic heterocycles. The fourth-order valence-electron chi connectivity index (χ4n) is 3.92. The molecule has 5 rings (SSSR count). The zero-order valence-electron chi connectivity index (χ0n) is 16.3. The van der Waals surface area contributed by atoms with Crippen LogP contribution in [0.5, 0.6) is 11.5 Å². The molecule has 30 heavy (non-hydrogen) atoms. The first-order valence-electron chi connectivity index (χ1n) is 9.58. The lowest BCUT2D eigenvalue weighted by atomic mass is 9.74. The van der Waals surface area contributed by atoms with E-state index in [-0.39, 0.29) is 11.7 Å². The monoisotopic (exact) mass is 428 g/mol. The van der Waals surface area contributed by atoms with Crippen molar-refractivity contribution in [1.29, 1.82) is 0 Å². The highest BCUT2D eigenvalue weighted by Gasteiger charge is 2.42. The lowest BCUT2D eigenvalue weighted by Crippen LogP contribution is -2.35. The van der Waals surface area contributed by atoms with Crippen LogP contribution in [0.3, 0.4) is 0 Å². The van der Waals surface area contributed by atoms with Gasteiger partial charge in [-0.05, 0) is 54.8 Å². The molecule has 0 atom stereocenters. The van der Waals surface area contributed by atoms with Crippen molar-refractivity contribution in [2.75, 3.05) is 26.3 Å². The molecule has 2 aromatic carbocycles. The molecule has 1 saturated heterocycles. The van der Waals surface area contributed by atoms with Crippen molar-refractivity contribution in [2.45, 2.75) is 23.2 Å². The predicted molar refractivity (Wildman–Crippen MR) is 106 cm³/mol. The summed E-state index contributed by atoms with van der Waals surface area (Å²) in [5.74, 6) is 2.27. The Balaban J connectivity index is 1.53. The van der Waals surface area contributed by atoms with Crippen LogP contribution < -0.4 is 9.47 Å². The SMILES string of the molecule is CS(=O)(=O)c1ccc(-c2nnc(C3(c4ccc5c(c4)OCO5)CCOCC3)o2)cc1. The molecule has 3 heterocycles. The van der Waals surface area contributed by atoms with Crippen molar-refractivity contribution in [3.05, 3.63) is 53.9 Å². The maximum atomic E-state index is 11.7. The third kappa shape index (κ3) is 3.23. The Kier molecular flexibility index (Phi) is 4.52. The molecular weight excluding hydrogens is 408 g/mol. The van der Waals surface area contributed by atoms with Crippen molar-refractivity contribution in [3.8, 4) is 23.0 Å². The van der Waals surface area contributed by atoms with Gasteiger partial charge in [0.1, 0.15) is 0 Å². The van der Waals surface area contributed by atoms with Crippen LogP contribution in [0.15, 0.2) is 51.8 Å². The summed E-state index contributed by atoms with van der Waals surface area (Å²) >= 11 is 0. The Bertz CT molecular complexity index is 1180. The van der Waals surface area contributed by atoms with Crippen molar-refractivity contribution in [3.63, 3.8) is 0 Å². The Labute approximate surface area is 173 Å². The molecule has 0 unspecified atom stereocenters. The van der Waals surface area contributed by atoms with Gasteiger partial charge in [0.05, 0.1) is 10.3 Å². The van der Waals surface area contributed by atoms with Crippen LogP contribution in [-0.2, 0) is 20.0 Å². The van der Waals surface area contributed by atoms with E-state index in [2.05, 4.69) is 10.2 Å². The summed E-state index contributed by atoms with van der Waals surface area (Å²) in [6.45, 7) is 1.37. The molecule has 9 heteroatoms. The summed E-state index contributed by atoms with van der Waals surface area (Å²) in [5, 5.41) is 8.60. The Morgan fingerprint density at radius 3 is 2.40 bits per heavy atom. The molecule has 1 fully saturated rings. The van der Waals surface area contributed by atoms with Gasteiger partial charge in [0.2, 0.25) is 18.6 Å². The molecule has 0 saturated carbocycles. The third-order valence-corrected chi connectivity index (χ3v) is 6.76. The second kappa shape index (κ2) is 7.10. The van der Waals surface area contributed by atoms with Gasteiger partial charge in [0.15, 0.2) is 21.3 Å². The van der Waals surface area contributed by atoms with Gasteiger partial charge >= 0.3 is 0 Å². The molecule has 0 aliphatic carbocycles. The van der Waals surface area contributed by atoms with E-state index < -0.39 is 15.3 Å². The zero-order chi connectivity index (χ0) is 20.8. The first kappa shape index (κ1) is 19.1. The molecular formula is C21H20N2O6S. The summed E-state index contributed by atoms with van der Waals surface area (Å²) in [6.07, 6.45) is 2.57. The zero-order valence-corrected chi connectivity index (χ0v) is 17.1. The molecule has 2 aliphatic rings. The Morgan fingerprint density at radius 2 is 1.67 bits per heavy atom. The Hall–Kier alpha value is -2.91. The average Bonchev–Trinajstić information content (AvgIpc) is 3.43. The van der Waals surface area contributed by atoms with E-state index in [4.69, 9.17) is 18.6 Å². The van der Waals surface area contributed by atoms with Gasteiger partial charge in [-0.1, -0.05) is 6.07 Å². The standard InChI is InChI=1S/C21H20N2O6S/c1-30(24,25)16-5-2-14(3-6-16)19-22-23-20(29-19)21(8-10-26-11-9-21)15-4-7-17-18(12-15)28-13-27-17/h2-7,12H,8-11,13H2,1H3. The smallest absolute Gasteiger partial charge is 0.247 e. The number of fused-ring (bicyclic) bond motifs is 1. The lowest BCUT2D eigenvalue weighted by molar-refractivity contribution is 0.0545. The van der Waals surface area contributed by atoms with Gasteiger partial charge in [-0.3, -0.25) is 0 Å². The summed E-state index contributed by atoms with van der Waals surface area (Å²) < 4.78 is 46.1. The number of rotatable bonds is 4. The quantitative estimate of drug-likeness (QED) is 0.625. The maximum Gasteiger partial charge on any atom is 0.247 e. The molecule has 0 spiro atoms. The largest absolute Gasteiger partial charge is 0.454 e. The van der Waals surface area contributed by atoms with E-state index in [0.29, 0.717) is 49.1 Å². The molecule has 0 amide bonds. The molecule has 0 N–H and O–H groups in total. The summed E-state index contributed by atoms with van der Waals surface area (Å²) in [6, 6.07) is 12.3. The van der Waals surface area contributed by atoms with E-state index in [1.165, 1.54) is 18.4 Å². The number of aromatic nitrogens is 2. The summed E-state index contributed by atoms with van der Waals surface area (Å²) in [5.41, 5.74) is 1.18. The molecule has 0 radical (unpaired) electrons. The van der Waals surface area contributed by atoms with E-state index in [0.717, 1.165) is 11.3 Å². The minimum absolute atomic E-state index is 0.211. The molecule has 156 valence electrons. The van der Waals surface area contributed by atoms with Crippen LogP contribution in [0.1, 0.15) is 24.3 Å². The second-order valence-corrected chi connectivity index (χ2v) is 9.49. The van der Waals surface area contributed by atoms with Crippen molar-refractivity contribution in [2.24, 2.45) is 0 Å². The van der Waals surface area contributed by atoms with Crippen LogP contribution in [0.25, 0.3) is 11.5 Å². The van der Waals surface area contributed by atoms with Gasteiger partial charge in [0.25, 0.3) is 0 Å². The topological polar surface area (TPSA) is 101 Å². The third-order valence-electron chi connectivity index (χ3n) is 5.64. The first-order chi connectivity index (χ1) is 14.5. The minimum Gasteiger partial charge on any atom is -0.454 e. The second-order valence-electron chi connectivity index (χ2n) is 7.47. The van der Waals surface area contributed by atoms with Gasteiger partial charge in [-0.15, -0.1) is 10.2 Å². The molecule has 0 bridgehead atoms. The van der Waals surface area contributed by atoms with Gasteiger partial charge < -0.3 is 18.6 Å². The fourth-order valence-corrected chi connectivity index (χ4v) is 4.55. The van der Waals surface area contributed by atoms with E-state index in [9.17, 15) is 8.42 Å². The van der Waals surface area contributed by atoms with Gasteiger partial charge in [-0.25, -0.2) is 8.42 Å². The number of ether oxygens (including phenoxy) is 3. The van der Waals surface area contributed by atoms with Gasteiger partial charge in [0, 0.05) is 25.0 Å². The first-order valence-corrected chi connectivity index (χ1v) is 11.5. The van der Waals surface area contributed by atoms with Crippen LogP contribution in [0.2, 0.25) is 0 Å². The predicted octanol–water partition coefficient (Wildman–Crippen LogP) is 2.97. The van der Waals surface area contributed by atoms with Crippen LogP contribution in [0, 0.1) is 0 Å². The number of hydrogen-bond acceptors (Lipinski definition) is 8. The highest BCUT2D eigenvalue weighted by molar-refractivity contribution is 7.90. The van der Waals surface area contributed by atoms with E-state index >= 15 is 0 Å².